The highest BCUT2D eigenvalue weighted by atomic mass is 35.5. The number of anilines is 2. The lowest BCUT2D eigenvalue weighted by Gasteiger charge is -2.43. The lowest BCUT2D eigenvalue weighted by atomic mass is 9.96. The second-order valence-corrected chi connectivity index (χ2v) is 11.9. The van der Waals surface area contributed by atoms with Gasteiger partial charge in [0, 0.05) is 55.3 Å². The molecule has 3 aromatic carbocycles. The summed E-state index contributed by atoms with van der Waals surface area (Å²) in [6.45, 7) is 3.28. The van der Waals surface area contributed by atoms with Gasteiger partial charge in [0.15, 0.2) is 5.82 Å². The molecule has 1 N–H and O–H groups in total. The highest BCUT2D eigenvalue weighted by Crippen LogP contribution is 2.43. The van der Waals surface area contributed by atoms with Gasteiger partial charge in [-0.15, -0.1) is 0 Å². The average molecular weight is 547 g/mol. The maximum absolute atomic E-state index is 16.7. The summed E-state index contributed by atoms with van der Waals surface area (Å²) in [6.07, 6.45) is 2.32. The molecule has 0 radical (unpaired) electrons. The normalized spacial score (nSPS) is 21.9. The monoisotopic (exact) mass is 546 g/mol. The summed E-state index contributed by atoms with van der Waals surface area (Å²) in [5, 5.41) is 13.0. The average Bonchev–Trinajstić information content (AvgIpc) is 3.07. The summed E-state index contributed by atoms with van der Waals surface area (Å²) in [5.41, 5.74) is 1.06. The van der Waals surface area contributed by atoms with Crippen molar-refractivity contribution in [3.8, 4) is 16.9 Å². The fourth-order valence-corrected chi connectivity index (χ4v) is 6.83. The van der Waals surface area contributed by atoms with Crippen LogP contribution in [0.4, 0.5) is 16.2 Å². The number of halogens is 2. The van der Waals surface area contributed by atoms with Crippen LogP contribution in [0.1, 0.15) is 12.8 Å². The highest BCUT2D eigenvalue weighted by molar-refractivity contribution is 6.35. The molecule has 4 aromatic rings. The molecule has 2 atom stereocenters. The quantitative estimate of drug-likeness (QED) is 0.387. The van der Waals surface area contributed by atoms with Crippen LogP contribution >= 0.6 is 11.6 Å². The fourth-order valence-electron chi connectivity index (χ4n) is 6.53. The minimum absolute atomic E-state index is 0.0616. The van der Waals surface area contributed by atoms with Gasteiger partial charge < -0.3 is 19.8 Å². The van der Waals surface area contributed by atoms with E-state index in [2.05, 4.69) is 40.7 Å². The van der Waals surface area contributed by atoms with E-state index in [9.17, 15) is 5.11 Å². The van der Waals surface area contributed by atoms with Crippen LogP contribution in [-0.2, 0) is 0 Å². The van der Waals surface area contributed by atoms with Gasteiger partial charge in [-0.3, -0.25) is 4.90 Å². The Hall–Kier alpha value is -3.20. The van der Waals surface area contributed by atoms with Gasteiger partial charge in [-0.05, 0) is 68.5 Å². The zero-order valence-electron chi connectivity index (χ0n) is 22.4. The second kappa shape index (κ2) is 9.18. The topological polar surface area (TPSA) is 59.0 Å². The van der Waals surface area contributed by atoms with Crippen molar-refractivity contribution in [3.63, 3.8) is 0 Å². The zero-order chi connectivity index (χ0) is 27.0. The van der Waals surface area contributed by atoms with Crippen molar-refractivity contribution in [1.29, 1.82) is 0 Å². The van der Waals surface area contributed by atoms with Crippen LogP contribution < -0.4 is 9.80 Å². The number of aromatic hydroxyl groups is 1. The molecular formula is C30H32ClFN6O. The van der Waals surface area contributed by atoms with Gasteiger partial charge in [0.05, 0.1) is 5.02 Å². The Morgan fingerprint density at radius 3 is 2.38 bits per heavy atom. The van der Waals surface area contributed by atoms with Crippen molar-refractivity contribution in [1.82, 2.24) is 19.8 Å². The summed E-state index contributed by atoms with van der Waals surface area (Å²) in [6, 6.07) is 14.0. The van der Waals surface area contributed by atoms with E-state index in [1.54, 1.807) is 12.1 Å². The molecule has 0 saturated carbocycles. The number of aromatic nitrogens is 2. The predicted molar refractivity (Wildman–Crippen MR) is 156 cm³/mol. The third kappa shape index (κ3) is 4.00. The third-order valence-corrected chi connectivity index (χ3v) is 9.29. The van der Waals surface area contributed by atoms with Crippen LogP contribution in [-0.4, -0.2) is 90.3 Å². The molecule has 39 heavy (non-hydrogen) atoms. The van der Waals surface area contributed by atoms with Gasteiger partial charge in [0.25, 0.3) is 0 Å². The Labute approximate surface area is 232 Å². The van der Waals surface area contributed by atoms with Crippen molar-refractivity contribution >= 4 is 45.0 Å². The molecule has 7 nitrogen and oxygen atoms in total. The smallest absolute Gasteiger partial charge is 0.228 e. The Morgan fingerprint density at radius 1 is 0.949 bits per heavy atom. The molecule has 202 valence electrons. The molecular weight excluding hydrogens is 515 g/mol. The molecule has 0 amide bonds. The van der Waals surface area contributed by atoms with E-state index in [-0.39, 0.29) is 21.9 Å². The van der Waals surface area contributed by atoms with Gasteiger partial charge in [-0.25, -0.2) is 9.37 Å². The summed E-state index contributed by atoms with van der Waals surface area (Å²) < 4.78 is 16.7. The first kappa shape index (κ1) is 24.8. The van der Waals surface area contributed by atoms with Gasteiger partial charge in [-0.1, -0.05) is 35.9 Å². The number of phenolic OH excluding ortho intramolecular Hbond substituents is 1. The van der Waals surface area contributed by atoms with E-state index in [0.29, 0.717) is 35.0 Å². The molecule has 3 aliphatic rings. The van der Waals surface area contributed by atoms with E-state index >= 15 is 4.39 Å². The lowest BCUT2D eigenvalue weighted by Crippen LogP contribution is -2.58. The SMILES string of the molecule is CN(C)C1CN(c2nc(N3CC4CCC(C3)N4C)c3cc(Cl)c(-c4cc(O)cc5ccccc45)c(F)c3n2)C1. The highest BCUT2D eigenvalue weighted by Gasteiger charge is 2.39. The molecule has 4 heterocycles. The Morgan fingerprint density at radius 2 is 1.67 bits per heavy atom. The van der Waals surface area contributed by atoms with E-state index in [1.165, 1.54) is 0 Å². The standard InChI is InChI=1S/C30H32ClFN6O/c1-35(2)20-15-38(16-20)30-33-28-24(29(34-30)37-13-18-8-9-19(14-37)36(18)3)12-25(31)26(27(28)32)23-11-21(39)10-17-6-4-5-7-22(17)23/h4-7,10-12,18-20,39H,8-9,13-16H2,1-3H3. The van der Waals surface area contributed by atoms with Crippen LogP contribution in [0.15, 0.2) is 42.5 Å². The summed E-state index contributed by atoms with van der Waals surface area (Å²) >= 11 is 6.87. The van der Waals surface area contributed by atoms with Crippen molar-refractivity contribution in [2.75, 3.05) is 57.1 Å². The molecule has 2 bridgehead atoms. The predicted octanol–water partition coefficient (Wildman–Crippen LogP) is 4.98. The van der Waals surface area contributed by atoms with E-state index < -0.39 is 5.82 Å². The molecule has 0 aliphatic carbocycles. The Kier molecular flexibility index (Phi) is 5.84. The number of hydrogen-bond acceptors (Lipinski definition) is 7. The number of nitrogens with zero attached hydrogens (tertiary/aromatic N) is 6. The van der Waals surface area contributed by atoms with Crippen molar-refractivity contribution in [2.45, 2.75) is 31.0 Å². The molecule has 3 aliphatic heterocycles. The molecule has 3 saturated heterocycles. The minimum atomic E-state index is -0.486. The lowest BCUT2D eigenvalue weighted by molar-refractivity contribution is 0.212. The second-order valence-electron chi connectivity index (χ2n) is 11.5. The first-order valence-electron chi connectivity index (χ1n) is 13.6. The molecule has 7 rings (SSSR count). The summed E-state index contributed by atoms with van der Waals surface area (Å²) in [4.78, 5) is 18.9. The van der Waals surface area contributed by atoms with Crippen LogP contribution in [0.2, 0.25) is 5.02 Å². The Bertz CT molecular complexity index is 1590. The van der Waals surface area contributed by atoms with Gasteiger partial charge in [-0.2, -0.15) is 4.98 Å². The van der Waals surface area contributed by atoms with E-state index in [4.69, 9.17) is 21.6 Å². The number of piperazine rings is 1. The van der Waals surface area contributed by atoms with Crippen LogP contribution in [0.25, 0.3) is 32.8 Å². The third-order valence-electron chi connectivity index (χ3n) is 8.99. The maximum Gasteiger partial charge on any atom is 0.228 e. The molecule has 0 spiro atoms. The van der Waals surface area contributed by atoms with Crippen molar-refractivity contribution in [2.24, 2.45) is 0 Å². The van der Waals surface area contributed by atoms with E-state index in [1.807, 2.05) is 30.3 Å². The Balaban J connectivity index is 1.42. The molecule has 2 unspecified atom stereocenters. The number of phenols is 1. The number of likely N-dealkylation sites (N-methyl/N-ethyl adjacent to an activating group) is 2. The van der Waals surface area contributed by atoms with Crippen LogP contribution in [0.3, 0.4) is 0 Å². The molecule has 3 fully saturated rings. The molecule has 9 heteroatoms. The van der Waals surface area contributed by atoms with Gasteiger partial charge >= 0.3 is 0 Å². The largest absolute Gasteiger partial charge is 0.508 e. The van der Waals surface area contributed by atoms with Crippen LogP contribution in [0.5, 0.6) is 5.75 Å². The van der Waals surface area contributed by atoms with Crippen molar-refractivity contribution < 1.29 is 9.50 Å². The maximum atomic E-state index is 16.7. The number of fused-ring (bicyclic) bond motifs is 4. The van der Waals surface area contributed by atoms with Crippen LogP contribution in [0, 0.1) is 5.82 Å². The van der Waals surface area contributed by atoms with Crippen molar-refractivity contribution in [3.05, 3.63) is 53.3 Å². The number of benzene rings is 3. The first-order chi connectivity index (χ1) is 18.8. The summed E-state index contributed by atoms with van der Waals surface area (Å²) in [7, 11) is 6.34. The zero-order valence-corrected chi connectivity index (χ0v) is 23.2. The fraction of sp³-hybridized carbons (Fsp3) is 0.400. The van der Waals surface area contributed by atoms with Gasteiger partial charge in [0.2, 0.25) is 5.95 Å². The minimum Gasteiger partial charge on any atom is -0.508 e. The number of rotatable bonds is 4. The van der Waals surface area contributed by atoms with Gasteiger partial charge in [0.1, 0.15) is 17.1 Å². The first-order valence-corrected chi connectivity index (χ1v) is 14.0. The number of hydrogen-bond donors (Lipinski definition) is 1. The molecule has 1 aromatic heterocycles. The van der Waals surface area contributed by atoms with E-state index in [0.717, 1.165) is 55.6 Å². The summed E-state index contributed by atoms with van der Waals surface area (Å²) in [5.74, 6) is 0.878.